The molecule has 20 heavy (non-hydrogen) atoms. The van der Waals surface area contributed by atoms with E-state index in [4.69, 9.17) is 5.11 Å². The van der Waals surface area contributed by atoms with E-state index in [-0.39, 0.29) is 12.5 Å². The molecule has 2 amide bonds. The molecule has 0 spiro atoms. The van der Waals surface area contributed by atoms with E-state index in [2.05, 4.69) is 17.6 Å². The summed E-state index contributed by atoms with van der Waals surface area (Å²) in [5.41, 5.74) is 0. The van der Waals surface area contributed by atoms with Gasteiger partial charge >= 0.3 is 12.0 Å². The predicted octanol–water partition coefficient (Wildman–Crippen LogP) is 2.76. The van der Waals surface area contributed by atoms with Gasteiger partial charge in [-0.3, -0.25) is 4.79 Å². The fourth-order valence-corrected chi connectivity index (χ4v) is 3.03. The van der Waals surface area contributed by atoms with Crippen molar-refractivity contribution in [2.24, 2.45) is 11.8 Å². The van der Waals surface area contributed by atoms with Gasteiger partial charge in [0.25, 0.3) is 0 Å². The summed E-state index contributed by atoms with van der Waals surface area (Å²) in [5.74, 6) is 0.534. The minimum atomic E-state index is -0.822. The first kappa shape index (κ1) is 16.8. The van der Waals surface area contributed by atoms with Crippen molar-refractivity contribution in [2.75, 3.05) is 13.1 Å². The molecule has 5 heteroatoms. The van der Waals surface area contributed by atoms with Gasteiger partial charge in [-0.05, 0) is 24.7 Å². The molecule has 1 aliphatic rings. The third-order valence-electron chi connectivity index (χ3n) is 4.10. The van der Waals surface area contributed by atoms with E-state index < -0.39 is 5.97 Å². The molecule has 0 aliphatic heterocycles. The molecule has 116 valence electrons. The highest BCUT2D eigenvalue weighted by Crippen LogP contribution is 2.32. The molecule has 5 nitrogen and oxygen atoms in total. The standard InChI is InChI=1S/C15H28N2O3/c1-2-6-12-7-3-4-8-13(12)11-17-15(20)16-10-5-9-14(18)19/h12-13H,2-11H2,1H3,(H,18,19)(H2,16,17,20). The lowest BCUT2D eigenvalue weighted by atomic mass is 9.77. The quantitative estimate of drug-likeness (QED) is 0.600. The number of rotatable bonds is 8. The van der Waals surface area contributed by atoms with Crippen molar-refractivity contribution in [3.63, 3.8) is 0 Å². The van der Waals surface area contributed by atoms with Gasteiger partial charge in [-0.25, -0.2) is 4.79 Å². The smallest absolute Gasteiger partial charge is 0.314 e. The fourth-order valence-electron chi connectivity index (χ4n) is 3.03. The minimum absolute atomic E-state index is 0.0987. The third-order valence-corrected chi connectivity index (χ3v) is 4.10. The van der Waals surface area contributed by atoms with Crippen LogP contribution >= 0.6 is 0 Å². The molecular weight excluding hydrogens is 256 g/mol. The van der Waals surface area contributed by atoms with Gasteiger partial charge in [0.05, 0.1) is 0 Å². The van der Waals surface area contributed by atoms with Gasteiger partial charge in [0.1, 0.15) is 0 Å². The van der Waals surface area contributed by atoms with E-state index in [9.17, 15) is 9.59 Å². The van der Waals surface area contributed by atoms with Gasteiger partial charge in [-0.2, -0.15) is 0 Å². The van der Waals surface area contributed by atoms with E-state index in [0.717, 1.165) is 12.5 Å². The number of carboxylic acids is 1. The van der Waals surface area contributed by atoms with Crippen LogP contribution in [0.25, 0.3) is 0 Å². The van der Waals surface area contributed by atoms with Crippen LogP contribution in [0.15, 0.2) is 0 Å². The summed E-state index contributed by atoms with van der Waals surface area (Å²) in [4.78, 5) is 22.0. The summed E-state index contributed by atoms with van der Waals surface area (Å²) in [6.45, 7) is 3.38. The number of nitrogens with one attached hydrogen (secondary N) is 2. The molecule has 1 saturated carbocycles. The average molecular weight is 284 g/mol. The zero-order valence-electron chi connectivity index (χ0n) is 12.5. The summed E-state index contributed by atoms with van der Waals surface area (Å²) >= 11 is 0. The van der Waals surface area contributed by atoms with Crippen molar-refractivity contribution in [2.45, 2.75) is 58.3 Å². The zero-order chi connectivity index (χ0) is 14.8. The first-order valence-electron chi connectivity index (χ1n) is 7.87. The van der Waals surface area contributed by atoms with Crippen LogP contribution in [-0.2, 0) is 4.79 Å². The van der Waals surface area contributed by atoms with Crippen molar-refractivity contribution in [3.8, 4) is 0 Å². The maximum atomic E-state index is 11.6. The van der Waals surface area contributed by atoms with Crippen LogP contribution in [-0.4, -0.2) is 30.2 Å². The second-order valence-corrected chi connectivity index (χ2v) is 5.73. The monoisotopic (exact) mass is 284 g/mol. The molecular formula is C15H28N2O3. The van der Waals surface area contributed by atoms with Gasteiger partial charge in [0, 0.05) is 19.5 Å². The van der Waals surface area contributed by atoms with Crippen molar-refractivity contribution >= 4 is 12.0 Å². The Bertz CT molecular complexity index is 305. The third kappa shape index (κ3) is 6.78. The van der Waals surface area contributed by atoms with Crippen molar-refractivity contribution < 1.29 is 14.7 Å². The summed E-state index contributed by atoms with van der Waals surface area (Å²) in [7, 11) is 0. The number of carbonyl (C=O) groups is 2. The Kier molecular flexibility index (Phi) is 8.07. The topological polar surface area (TPSA) is 78.4 Å². The molecule has 2 atom stereocenters. The molecule has 0 radical (unpaired) electrons. The number of carbonyl (C=O) groups excluding carboxylic acids is 1. The molecule has 1 fully saturated rings. The van der Waals surface area contributed by atoms with Gasteiger partial charge in [0.15, 0.2) is 0 Å². The average Bonchev–Trinajstić information content (AvgIpc) is 2.43. The first-order chi connectivity index (χ1) is 9.63. The molecule has 0 bridgehead atoms. The molecule has 3 N–H and O–H groups in total. The molecule has 0 aromatic carbocycles. The van der Waals surface area contributed by atoms with Crippen LogP contribution in [0.1, 0.15) is 58.3 Å². The SMILES string of the molecule is CCCC1CCCCC1CNC(=O)NCCCC(=O)O. The van der Waals surface area contributed by atoms with E-state index in [0.29, 0.717) is 18.9 Å². The lowest BCUT2D eigenvalue weighted by Crippen LogP contribution is -2.40. The van der Waals surface area contributed by atoms with Gasteiger partial charge in [-0.15, -0.1) is 0 Å². The lowest BCUT2D eigenvalue weighted by molar-refractivity contribution is -0.137. The highest BCUT2D eigenvalue weighted by Gasteiger charge is 2.24. The van der Waals surface area contributed by atoms with Crippen LogP contribution in [0, 0.1) is 11.8 Å². The van der Waals surface area contributed by atoms with Crippen LogP contribution in [0.4, 0.5) is 4.79 Å². The van der Waals surface area contributed by atoms with Gasteiger partial charge < -0.3 is 15.7 Å². The van der Waals surface area contributed by atoms with Crippen LogP contribution in [0.5, 0.6) is 0 Å². The largest absolute Gasteiger partial charge is 0.481 e. The summed E-state index contributed by atoms with van der Waals surface area (Å²) in [6, 6.07) is -0.170. The van der Waals surface area contributed by atoms with Crippen molar-refractivity contribution in [1.82, 2.24) is 10.6 Å². The molecule has 0 saturated heterocycles. The van der Waals surface area contributed by atoms with E-state index in [1.165, 1.54) is 38.5 Å². The van der Waals surface area contributed by atoms with E-state index >= 15 is 0 Å². The zero-order valence-corrected chi connectivity index (χ0v) is 12.5. The summed E-state index contributed by atoms with van der Waals surface area (Å²) in [6.07, 6.45) is 8.14. The number of hydrogen-bond donors (Lipinski definition) is 3. The normalized spacial score (nSPS) is 22.2. The fraction of sp³-hybridized carbons (Fsp3) is 0.867. The van der Waals surface area contributed by atoms with Crippen molar-refractivity contribution in [3.05, 3.63) is 0 Å². The van der Waals surface area contributed by atoms with Gasteiger partial charge in [-0.1, -0.05) is 39.0 Å². The summed E-state index contributed by atoms with van der Waals surface area (Å²) in [5, 5.41) is 14.1. The highest BCUT2D eigenvalue weighted by molar-refractivity contribution is 5.73. The Morgan fingerprint density at radius 3 is 2.50 bits per heavy atom. The molecule has 0 aromatic heterocycles. The number of urea groups is 1. The molecule has 2 unspecified atom stereocenters. The number of carboxylic acid groups (broad SMARTS) is 1. The van der Waals surface area contributed by atoms with E-state index in [1.54, 1.807) is 0 Å². The van der Waals surface area contributed by atoms with Crippen LogP contribution in [0.3, 0.4) is 0 Å². The number of aliphatic carboxylic acids is 1. The maximum Gasteiger partial charge on any atom is 0.314 e. The number of amides is 2. The minimum Gasteiger partial charge on any atom is -0.481 e. The number of hydrogen-bond acceptors (Lipinski definition) is 2. The molecule has 1 rings (SSSR count). The van der Waals surface area contributed by atoms with Crippen LogP contribution in [0.2, 0.25) is 0 Å². The Morgan fingerprint density at radius 2 is 1.85 bits per heavy atom. The second kappa shape index (κ2) is 9.61. The lowest BCUT2D eigenvalue weighted by Gasteiger charge is -2.31. The molecule has 0 heterocycles. The second-order valence-electron chi connectivity index (χ2n) is 5.73. The Hall–Kier alpha value is -1.26. The van der Waals surface area contributed by atoms with Crippen LogP contribution < -0.4 is 10.6 Å². The Balaban J connectivity index is 2.16. The van der Waals surface area contributed by atoms with Crippen molar-refractivity contribution in [1.29, 1.82) is 0 Å². The summed E-state index contributed by atoms with van der Waals surface area (Å²) < 4.78 is 0. The maximum absolute atomic E-state index is 11.6. The Morgan fingerprint density at radius 1 is 1.15 bits per heavy atom. The Labute approximate surface area is 121 Å². The van der Waals surface area contributed by atoms with E-state index in [1.807, 2.05) is 0 Å². The predicted molar refractivity (Wildman–Crippen MR) is 78.6 cm³/mol. The molecule has 1 aliphatic carbocycles. The highest BCUT2D eigenvalue weighted by atomic mass is 16.4. The van der Waals surface area contributed by atoms with Gasteiger partial charge in [0.2, 0.25) is 0 Å². The molecule has 0 aromatic rings. The first-order valence-corrected chi connectivity index (χ1v) is 7.87.